The minimum Gasteiger partial charge on any atom is -0.395 e. The lowest BCUT2D eigenvalue weighted by atomic mass is 9.96. The Balaban J connectivity index is 1.48. The molecule has 5 nitrogen and oxygen atoms in total. The average Bonchev–Trinajstić information content (AvgIpc) is 3.20. The number of aliphatic hydroxyl groups is 1. The van der Waals surface area contributed by atoms with Gasteiger partial charge < -0.3 is 15.3 Å². The van der Waals surface area contributed by atoms with Gasteiger partial charge in [-0.3, -0.25) is 0 Å². The molecule has 4 rings (SSSR count). The number of rotatable bonds is 8. The number of halogens is 2. The molecule has 0 saturated carbocycles. The molecule has 2 aromatic carbocycles. The van der Waals surface area contributed by atoms with E-state index in [0.29, 0.717) is 17.5 Å². The summed E-state index contributed by atoms with van der Waals surface area (Å²) in [4.78, 5) is 2.32. The number of aromatic nitrogens is 2. The highest BCUT2D eigenvalue weighted by molar-refractivity contribution is 6.33. The third-order valence-corrected chi connectivity index (χ3v) is 6.21. The van der Waals surface area contributed by atoms with Gasteiger partial charge in [0.1, 0.15) is 5.82 Å². The van der Waals surface area contributed by atoms with Crippen LogP contribution in [-0.2, 0) is 6.54 Å². The Morgan fingerprint density at radius 3 is 2.55 bits per heavy atom. The van der Waals surface area contributed by atoms with Crippen LogP contribution in [0.15, 0.2) is 54.7 Å². The fraction of sp³-hybridized carbons (Fsp3) is 0.375. The van der Waals surface area contributed by atoms with Gasteiger partial charge in [-0.15, -0.1) is 0 Å². The van der Waals surface area contributed by atoms with E-state index in [4.69, 9.17) is 21.8 Å². The van der Waals surface area contributed by atoms with Crippen molar-refractivity contribution in [2.24, 2.45) is 5.92 Å². The Morgan fingerprint density at radius 2 is 1.84 bits per heavy atom. The molecule has 164 valence electrons. The molecule has 7 heteroatoms. The van der Waals surface area contributed by atoms with E-state index in [9.17, 15) is 4.39 Å². The number of hydrogen-bond acceptors (Lipinski definition) is 4. The zero-order chi connectivity index (χ0) is 21.6. The normalized spacial score (nSPS) is 15.5. The number of hydrogen-bond donors (Lipinski definition) is 2. The summed E-state index contributed by atoms with van der Waals surface area (Å²) in [6.45, 7) is 4.70. The minimum absolute atomic E-state index is 0.228. The Labute approximate surface area is 187 Å². The summed E-state index contributed by atoms with van der Waals surface area (Å²) in [6, 6.07) is 14.0. The second kappa shape index (κ2) is 10.4. The molecule has 2 heterocycles. The molecule has 3 aromatic rings. The van der Waals surface area contributed by atoms with E-state index in [2.05, 4.69) is 10.2 Å². The Hall–Kier alpha value is -2.25. The van der Waals surface area contributed by atoms with Gasteiger partial charge in [0.2, 0.25) is 0 Å². The quantitative estimate of drug-likeness (QED) is 0.551. The van der Waals surface area contributed by atoms with Crippen molar-refractivity contribution >= 4 is 11.6 Å². The zero-order valence-corrected chi connectivity index (χ0v) is 18.2. The second-order valence-corrected chi connectivity index (χ2v) is 8.45. The van der Waals surface area contributed by atoms with Crippen LogP contribution in [0.4, 0.5) is 4.39 Å². The molecule has 1 aliphatic rings. The summed E-state index contributed by atoms with van der Waals surface area (Å²) in [6.07, 6.45) is 4.27. The molecule has 2 N–H and O–H groups in total. The molecule has 31 heavy (non-hydrogen) atoms. The average molecular weight is 443 g/mol. The van der Waals surface area contributed by atoms with Crippen LogP contribution in [0, 0.1) is 11.7 Å². The van der Waals surface area contributed by atoms with Gasteiger partial charge in [0.15, 0.2) is 0 Å². The predicted octanol–water partition coefficient (Wildman–Crippen LogP) is 4.13. The number of β-amino-alcohol motifs (C(OH)–C–C–N with tert-alkyl or cyclic N) is 1. The molecular formula is C24H28ClFN4O. The van der Waals surface area contributed by atoms with Gasteiger partial charge in [-0.1, -0.05) is 29.8 Å². The van der Waals surface area contributed by atoms with Gasteiger partial charge >= 0.3 is 0 Å². The second-order valence-electron chi connectivity index (χ2n) is 8.04. The third kappa shape index (κ3) is 5.52. The van der Waals surface area contributed by atoms with E-state index < -0.39 is 0 Å². The van der Waals surface area contributed by atoms with Crippen LogP contribution in [-0.4, -0.2) is 52.6 Å². The lowest BCUT2D eigenvalue weighted by Gasteiger charge is -2.31. The van der Waals surface area contributed by atoms with Crippen LogP contribution in [0.5, 0.6) is 0 Å². The number of aliphatic hydroxyl groups excluding tert-OH is 1. The zero-order valence-electron chi connectivity index (χ0n) is 17.5. The molecule has 0 atom stereocenters. The van der Waals surface area contributed by atoms with Crippen molar-refractivity contribution in [3.63, 3.8) is 0 Å². The molecule has 0 bridgehead atoms. The van der Waals surface area contributed by atoms with Gasteiger partial charge in [-0.05, 0) is 68.7 Å². The Morgan fingerprint density at radius 1 is 1.10 bits per heavy atom. The summed E-state index contributed by atoms with van der Waals surface area (Å²) in [5.74, 6) is 0.361. The fourth-order valence-corrected chi connectivity index (χ4v) is 4.34. The highest BCUT2D eigenvalue weighted by Crippen LogP contribution is 2.30. The molecular weight excluding hydrogens is 415 g/mol. The van der Waals surface area contributed by atoms with E-state index in [1.165, 1.54) is 12.1 Å². The first kappa shape index (κ1) is 22.0. The van der Waals surface area contributed by atoms with Gasteiger partial charge in [-0.2, -0.15) is 5.10 Å². The summed E-state index contributed by atoms with van der Waals surface area (Å²) < 4.78 is 15.1. The molecule has 0 spiro atoms. The van der Waals surface area contributed by atoms with E-state index >= 15 is 0 Å². The minimum atomic E-state index is -0.269. The van der Waals surface area contributed by atoms with Crippen LogP contribution in [0.2, 0.25) is 5.02 Å². The molecule has 0 amide bonds. The maximum absolute atomic E-state index is 13.3. The predicted molar refractivity (Wildman–Crippen MR) is 122 cm³/mol. The summed E-state index contributed by atoms with van der Waals surface area (Å²) in [7, 11) is 0. The van der Waals surface area contributed by atoms with Crippen molar-refractivity contribution in [2.45, 2.75) is 19.4 Å². The van der Waals surface area contributed by atoms with Crippen molar-refractivity contribution in [3.8, 4) is 16.9 Å². The molecule has 1 fully saturated rings. The Kier molecular flexibility index (Phi) is 7.35. The van der Waals surface area contributed by atoms with Crippen molar-refractivity contribution < 1.29 is 9.50 Å². The summed E-state index contributed by atoms with van der Waals surface area (Å²) in [5.41, 5.74) is 3.58. The third-order valence-electron chi connectivity index (χ3n) is 5.88. The number of nitrogens with one attached hydrogen (secondary N) is 1. The molecule has 0 aliphatic carbocycles. The SMILES string of the molecule is OCCN1CCC(CNCc2cn(-c3ccc(F)cc3)nc2-c2ccccc2Cl)CC1. The van der Waals surface area contributed by atoms with Crippen molar-refractivity contribution in [3.05, 3.63) is 71.1 Å². The summed E-state index contributed by atoms with van der Waals surface area (Å²) >= 11 is 6.46. The first-order valence-corrected chi connectivity index (χ1v) is 11.1. The smallest absolute Gasteiger partial charge is 0.123 e. The lowest BCUT2D eigenvalue weighted by Crippen LogP contribution is -2.38. The van der Waals surface area contributed by atoms with Gasteiger partial charge in [0.25, 0.3) is 0 Å². The molecule has 1 aliphatic heterocycles. The summed E-state index contributed by atoms with van der Waals surface area (Å²) in [5, 5.41) is 18.1. The molecule has 1 saturated heterocycles. The van der Waals surface area contributed by atoms with Crippen molar-refractivity contribution in [2.75, 3.05) is 32.8 Å². The van der Waals surface area contributed by atoms with Gasteiger partial charge in [0, 0.05) is 30.4 Å². The van der Waals surface area contributed by atoms with Crippen LogP contribution in [0.3, 0.4) is 0 Å². The van der Waals surface area contributed by atoms with E-state index in [1.54, 1.807) is 16.8 Å². The van der Waals surface area contributed by atoms with E-state index in [1.807, 2.05) is 30.5 Å². The first-order chi connectivity index (χ1) is 15.1. The molecule has 0 unspecified atom stereocenters. The number of benzene rings is 2. The topological polar surface area (TPSA) is 53.3 Å². The largest absolute Gasteiger partial charge is 0.395 e. The van der Waals surface area contributed by atoms with Crippen LogP contribution in [0.25, 0.3) is 16.9 Å². The van der Waals surface area contributed by atoms with Crippen LogP contribution in [0.1, 0.15) is 18.4 Å². The van der Waals surface area contributed by atoms with Crippen LogP contribution >= 0.6 is 11.6 Å². The Bertz CT molecular complexity index is 983. The lowest BCUT2D eigenvalue weighted by molar-refractivity contribution is 0.146. The number of likely N-dealkylation sites (tertiary alicyclic amines) is 1. The van der Waals surface area contributed by atoms with E-state index in [-0.39, 0.29) is 12.4 Å². The van der Waals surface area contributed by atoms with Crippen LogP contribution < -0.4 is 5.32 Å². The maximum atomic E-state index is 13.3. The number of piperidine rings is 1. The monoisotopic (exact) mass is 442 g/mol. The highest BCUT2D eigenvalue weighted by Gasteiger charge is 2.19. The van der Waals surface area contributed by atoms with Gasteiger partial charge in [-0.25, -0.2) is 9.07 Å². The van der Waals surface area contributed by atoms with Crippen molar-refractivity contribution in [1.29, 1.82) is 0 Å². The number of nitrogens with zero attached hydrogens (tertiary/aromatic N) is 3. The van der Waals surface area contributed by atoms with Crippen molar-refractivity contribution in [1.82, 2.24) is 20.0 Å². The molecule has 1 aromatic heterocycles. The highest BCUT2D eigenvalue weighted by atomic mass is 35.5. The molecule has 0 radical (unpaired) electrons. The first-order valence-electron chi connectivity index (χ1n) is 10.8. The standard InChI is InChI=1S/C24H28ClFN4O/c25-23-4-2-1-3-22(23)24-19(17-30(28-24)21-7-5-20(26)6-8-21)16-27-15-18-9-11-29(12-10-18)13-14-31/h1-8,17-18,27,31H,9-16H2. The fourth-order valence-electron chi connectivity index (χ4n) is 4.11. The van der Waals surface area contributed by atoms with E-state index in [0.717, 1.165) is 61.5 Å². The van der Waals surface area contributed by atoms with Gasteiger partial charge in [0.05, 0.1) is 23.0 Å². The maximum Gasteiger partial charge on any atom is 0.123 e.